The average Bonchev–Trinajstić information content (AvgIpc) is 2.42. The Balaban J connectivity index is 1.67. The van der Waals surface area contributed by atoms with Crippen molar-refractivity contribution >= 4 is 0 Å². The maximum atomic E-state index is 5.85. The largest absolute Gasteiger partial charge is 0.378 e. The molecule has 0 aromatic carbocycles. The van der Waals surface area contributed by atoms with E-state index in [2.05, 4.69) is 19.2 Å². The molecular formula is C17H33NO. The maximum absolute atomic E-state index is 5.85. The summed E-state index contributed by atoms with van der Waals surface area (Å²) in [7, 11) is 0. The molecule has 2 atom stereocenters. The second-order valence-electron chi connectivity index (χ2n) is 6.68. The van der Waals surface area contributed by atoms with Gasteiger partial charge in [-0.2, -0.15) is 0 Å². The van der Waals surface area contributed by atoms with Gasteiger partial charge in [0.05, 0.1) is 6.10 Å². The van der Waals surface area contributed by atoms with Gasteiger partial charge in [-0.15, -0.1) is 0 Å². The van der Waals surface area contributed by atoms with Crippen molar-refractivity contribution in [1.82, 2.24) is 5.32 Å². The van der Waals surface area contributed by atoms with Crippen LogP contribution in [0, 0.1) is 5.92 Å². The van der Waals surface area contributed by atoms with Crippen LogP contribution in [-0.2, 0) is 4.74 Å². The second kappa shape index (κ2) is 8.26. The molecule has 0 amide bonds. The van der Waals surface area contributed by atoms with E-state index < -0.39 is 0 Å². The molecule has 2 nitrogen and oxygen atoms in total. The van der Waals surface area contributed by atoms with Crippen molar-refractivity contribution in [1.29, 1.82) is 0 Å². The van der Waals surface area contributed by atoms with Gasteiger partial charge in [-0.1, -0.05) is 33.1 Å². The Morgan fingerprint density at radius 3 is 2.32 bits per heavy atom. The van der Waals surface area contributed by atoms with Gasteiger partial charge < -0.3 is 10.1 Å². The van der Waals surface area contributed by atoms with Gasteiger partial charge in [0.1, 0.15) is 0 Å². The molecule has 2 heteroatoms. The molecule has 2 unspecified atom stereocenters. The van der Waals surface area contributed by atoms with Crippen LogP contribution in [0.2, 0.25) is 0 Å². The number of rotatable bonds is 6. The summed E-state index contributed by atoms with van der Waals surface area (Å²) in [5, 5.41) is 3.93. The van der Waals surface area contributed by atoms with Crippen LogP contribution in [0.5, 0.6) is 0 Å². The topological polar surface area (TPSA) is 21.3 Å². The molecule has 0 bridgehead atoms. The molecule has 0 radical (unpaired) electrons. The van der Waals surface area contributed by atoms with Crippen molar-refractivity contribution in [3.63, 3.8) is 0 Å². The summed E-state index contributed by atoms with van der Waals surface area (Å²) < 4.78 is 5.85. The minimum Gasteiger partial charge on any atom is -0.378 e. The third-order valence-electron chi connectivity index (χ3n) is 4.99. The van der Waals surface area contributed by atoms with Crippen molar-refractivity contribution in [2.45, 2.75) is 96.2 Å². The van der Waals surface area contributed by atoms with E-state index in [0.717, 1.165) is 24.6 Å². The van der Waals surface area contributed by atoms with Crippen LogP contribution in [0.1, 0.15) is 78.1 Å². The van der Waals surface area contributed by atoms with Crippen molar-refractivity contribution in [2.75, 3.05) is 6.61 Å². The molecule has 1 N–H and O–H groups in total. The Morgan fingerprint density at radius 2 is 1.63 bits per heavy atom. The summed E-state index contributed by atoms with van der Waals surface area (Å²) in [5.41, 5.74) is 0. The highest BCUT2D eigenvalue weighted by atomic mass is 16.5. The molecule has 1 aliphatic carbocycles. The van der Waals surface area contributed by atoms with Crippen LogP contribution in [0.3, 0.4) is 0 Å². The minimum atomic E-state index is 0.521. The molecule has 1 saturated carbocycles. The SMILES string of the molecule is CCCC1CCC(NC2CCOC(CCC)C2)CC1. The first-order chi connectivity index (χ1) is 9.31. The second-order valence-corrected chi connectivity index (χ2v) is 6.68. The van der Waals surface area contributed by atoms with E-state index >= 15 is 0 Å². The van der Waals surface area contributed by atoms with Crippen LogP contribution < -0.4 is 5.32 Å². The van der Waals surface area contributed by atoms with E-state index in [0.29, 0.717) is 6.10 Å². The quantitative estimate of drug-likeness (QED) is 0.775. The Kier molecular flexibility index (Phi) is 6.66. The summed E-state index contributed by atoms with van der Waals surface area (Å²) in [6, 6.07) is 1.51. The van der Waals surface area contributed by atoms with Gasteiger partial charge in [-0.25, -0.2) is 0 Å². The van der Waals surface area contributed by atoms with Crippen LogP contribution in [-0.4, -0.2) is 24.8 Å². The Labute approximate surface area is 119 Å². The highest BCUT2D eigenvalue weighted by Gasteiger charge is 2.26. The highest BCUT2D eigenvalue weighted by molar-refractivity contribution is 4.83. The van der Waals surface area contributed by atoms with Gasteiger partial charge in [0.2, 0.25) is 0 Å². The molecule has 1 saturated heterocycles. The summed E-state index contributed by atoms with van der Waals surface area (Å²) in [6.07, 6.45) is 14.0. The van der Waals surface area contributed by atoms with E-state index in [4.69, 9.17) is 4.74 Å². The average molecular weight is 267 g/mol. The molecule has 0 spiro atoms. The van der Waals surface area contributed by atoms with Gasteiger partial charge in [0.25, 0.3) is 0 Å². The molecule has 2 fully saturated rings. The van der Waals surface area contributed by atoms with Crippen molar-refractivity contribution < 1.29 is 4.74 Å². The fraction of sp³-hybridized carbons (Fsp3) is 1.00. The van der Waals surface area contributed by atoms with Gasteiger partial charge >= 0.3 is 0 Å². The van der Waals surface area contributed by atoms with Gasteiger partial charge in [0, 0.05) is 18.7 Å². The lowest BCUT2D eigenvalue weighted by atomic mass is 9.83. The van der Waals surface area contributed by atoms with Gasteiger partial charge in [0.15, 0.2) is 0 Å². The first-order valence-corrected chi connectivity index (χ1v) is 8.69. The summed E-state index contributed by atoms with van der Waals surface area (Å²) in [6.45, 7) is 5.54. The normalized spacial score (nSPS) is 36.3. The zero-order valence-corrected chi connectivity index (χ0v) is 13.0. The first kappa shape index (κ1) is 15.3. The van der Waals surface area contributed by atoms with Gasteiger partial charge in [-0.05, 0) is 50.9 Å². The number of hydrogen-bond acceptors (Lipinski definition) is 2. The lowest BCUT2D eigenvalue weighted by Gasteiger charge is -2.36. The summed E-state index contributed by atoms with van der Waals surface area (Å²) in [4.78, 5) is 0. The van der Waals surface area contributed by atoms with Crippen LogP contribution in [0.4, 0.5) is 0 Å². The molecule has 19 heavy (non-hydrogen) atoms. The molecule has 2 rings (SSSR count). The monoisotopic (exact) mass is 267 g/mol. The smallest absolute Gasteiger partial charge is 0.0589 e. The van der Waals surface area contributed by atoms with E-state index in [9.17, 15) is 0 Å². The van der Waals surface area contributed by atoms with Crippen LogP contribution in [0.15, 0.2) is 0 Å². The molecule has 112 valence electrons. The van der Waals surface area contributed by atoms with Crippen LogP contribution in [0.25, 0.3) is 0 Å². The Morgan fingerprint density at radius 1 is 0.895 bits per heavy atom. The first-order valence-electron chi connectivity index (χ1n) is 8.69. The lowest BCUT2D eigenvalue weighted by molar-refractivity contribution is -0.00611. The molecule has 0 aromatic rings. The predicted molar refractivity (Wildman–Crippen MR) is 81.5 cm³/mol. The van der Waals surface area contributed by atoms with Crippen molar-refractivity contribution in [3.05, 3.63) is 0 Å². The van der Waals surface area contributed by atoms with E-state index in [1.54, 1.807) is 0 Å². The summed E-state index contributed by atoms with van der Waals surface area (Å²) >= 11 is 0. The number of hydrogen-bond donors (Lipinski definition) is 1. The van der Waals surface area contributed by atoms with Gasteiger partial charge in [-0.3, -0.25) is 0 Å². The minimum absolute atomic E-state index is 0.521. The molecular weight excluding hydrogens is 234 g/mol. The summed E-state index contributed by atoms with van der Waals surface area (Å²) in [5.74, 6) is 1.02. The zero-order chi connectivity index (χ0) is 13.5. The Hall–Kier alpha value is -0.0800. The predicted octanol–water partition coefficient (Wildman–Crippen LogP) is 4.28. The molecule has 0 aromatic heterocycles. The zero-order valence-electron chi connectivity index (χ0n) is 13.0. The third kappa shape index (κ3) is 5.07. The molecule has 1 heterocycles. The van der Waals surface area contributed by atoms with Crippen molar-refractivity contribution in [3.8, 4) is 0 Å². The number of nitrogens with one attached hydrogen (secondary N) is 1. The lowest BCUT2D eigenvalue weighted by Crippen LogP contribution is -2.45. The van der Waals surface area contributed by atoms with Crippen LogP contribution >= 0.6 is 0 Å². The fourth-order valence-electron chi connectivity index (χ4n) is 3.91. The maximum Gasteiger partial charge on any atom is 0.0589 e. The number of ether oxygens (including phenoxy) is 1. The van der Waals surface area contributed by atoms with E-state index in [1.165, 1.54) is 64.2 Å². The third-order valence-corrected chi connectivity index (χ3v) is 4.99. The fourth-order valence-corrected chi connectivity index (χ4v) is 3.91. The van der Waals surface area contributed by atoms with E-state index in [1.807, 2.05) is 0 Å². The molecule has 2 aliphatic rings. The van der Waals surface area contributed by atoms with E-state index in [-0.39, 0.29) is 0 Å². The Bertz CT molecular complexity index is 233. The standard InChI is InChI=1S/C17H33NO/c1-3-5-14-7-9-15(10-8-14)18-16-11-12-19-17(13-16)6-4-2/h14-18H,3-13H2,1-2H3. The van der Waals surface area contributed by atoms with Crippen molar-refractivity contribution in [2.24, 2.45) is 5.92 Å². The highest BCUT2D eigenvalue weighted by Crippen LogP contribution is 2.29. The molecule has 1 aliphatic heterocycles.